The molecule has 0 atom stereocenters. The van der Waals surface area contributed by atoms with E-state index in [4.69, 9.17) is 0 Å². The minimum absolute atomic E-state index is 0.575. The van der Waals surface area contributed by atoms with Crippen LogP contribution in [0.3, 0.4) is 0 Å². The fourth-order valence-electron chi connectivity index (χ4n) is 0.872. The maximum Gasteiger partial charge on any atom is 0.164 e. The van der Waals surface area contributed by atoms with Crippen molar-refractivity contribution in [2.45, 2.75) is 10.2 Å². The zero-order chi connectivity index (χ0) is 7.84. The molecule has 0 aliphatic rings. The van der Waals surface area contributed by atoms with E-state index in [2.05, 4.69) is 40.2 Å². The summed E-state index contributed by atoms with van der Waals surface area (Å²) in [6.45, 7) is 0. The lowest BCUT2D eigenvalue weighted by Gasteiger charge is -1.87. The summed E-state index contributed by atoms with van der Waals surface area (Å²) >= 11 is 8.13. The van der Waals surface area contributed by atoms with Gasteiger partial charge in [0.25, 0.3) is 0 Å². The van der Waals surface area contributed by atoms with Crippen molar-refractivity contribution in [1.29, 1.82) is 0 Å². The van der Waals surface area contributed by atoms with E-state index in [-0.39, 0.29) is 0 Å². The van der Waals surface area contributed by atoms with Gasteiger partial charge in [0.15, 0.2) is 10.8 Å². The number of hydrogen-bond acceptors (Lipinski definition) is 4. The first-order chi connectivity index (χ1) is 5.25. The van der Waals surface area contributed by atoms with E-state index < -0.39 is 0 Å². The average Bonchev–Trinajstić information content (AvgIpc) is 2.27. The SMILES string of the molecule is Sc1ccc2nc(S)[nH]c2n1. The van der Waals surface area contributed by atoms with Crippen LogP contribution in [0.4, 0.5) is 0 Å². The van der Waals surface area contributed by atoms with Crippen molar-refractivity contribution in [3.63, 3.8) is 0 Å². The standard InChI is InChI=1S/C6H5N3S2/c10-4-2-1-3-5(8-4)9-6(11)7-3/h1-2H,(H3,7,8,9,10,11). The molecule has 11 heavy (non-hydrogen) atoms. The highest BCUT2D eigenvalue weighted by Gasteiger charge is 1.99. The van der Waals surface area contributed by atoms with Crippen LogP contribution >= 0.6 is 25.3 Å². The maximum absolute atomic E-state index is 4.09. The van der Waals surface area contributed by atoms with E-state index in [0.717, 1.165) is 11.2 Å². The second kappa shape index (κ2) is 2.42. The van der Waals surface area contributed by atoms with Gasteiger partial charge in [-0.3, -0.25) is 0 Å². The maximum atomic E-state index is 4.09. The van der Waals surface area contributed by atoms with E-state index in [1.807, 2.05) is 6.07 Å². The number of rotatable bonds is 0. The van der Waals surface area contributed by atoms with Crippen LogP contribution < -0.4 is 0 Å². The zero-order valence-electron chi connectivity index (χ0n) is 5.44. The van der Waals surface area contributed by atoms with E-state index >= 15 is 0 Å². The molecule has 0 bridgehead atoms. The summed E-state index contributed by atoms with van der Waals surface area (Å²) in [7, 11) is 0. The van der Waals surface area contributed by atoms with Crippen LogP contribution in [-0.4, -0.2) is 15.0 Å². The van der Waals surface area contributed by atoms with Crippen molar-refractivity contribution in [3.05, 3.63) is 12.1 Å². The van der Waals surface area contributed by atoms with Gasteiger partial charge in [0.2, 0.25) is 0 Å². The second-order valence-electron chi connectivity index (χ2n) is 2.10. The molecule has 0 spiro atoms. The first-order valence-corrected chi connectivity index (χ1v) is 3.90. The molecule has 0 aliphatic heterocycles. The van der Waals surface area contributed by atoms with Crippen LogP contribution in [0.15, 0.2) is 22.3 Å². The predicted octanol–water partition coefficient (Wildman–Crippen LogP) is 1.54. The first kappa shape index (κ1) is 7.00. The molecule has 0 radical (unpaired) electrons. The van der Waals surface area contributed by atoms with Crippen LogP contribution in [0.25, 0.3) is 11.2 Å². The molecular weight excluding hydrogens is 178 g/mol. The number of nitrogens with one attached hydrogen (secondary N) is 1. The summed E-state index contributed by atoms with van der Waals surface area (Å²) < 4.78 is 0. The number of fused-ring (bicyclic) bond motifs is 1. The third-order valence-electron chi connectivity index (χ3n) is 1.32. The number of thiol groups is 2. The van der Waals surface area contributed by atoms with E-state index in [1.54, 1.807) is 6.07 Å². The van der Waals surface area contributed by atoms with Crippen molar-refractivity contribution < 1.29 is 0 Å². The predicted molar refractivity (Wildman–Crippen MR) is 48.4 cm³/mol. The summed E-state index contributed by atoms with van der Waals surface area (Å²) in [5, 5.41) is 1.25. The van der Waals surface area contributed by atoms with Crippen LogP contribution in [0.2, 0.25) is 0 Å². The third kappa shape index (κ3) is 1.21. The lowest BCUT2D eigenvalue weighted by molar-refractivity contribution is 1.07. The molecule has 0 aromatic carbocycles. The molecule has 0 saturated carbocycles. The average molecular weight is 183 g/mol. The number of hydrogen-bond donors (Lipinski definition) is 3. The number of nitrogens with zero attached hydrogens (tertiary/aromatic N) is 2. The summed E-state index contributed by atoms with van der Waals surface area (Å²) in [6, 6.07) is 3.64. The van der Waals surface area contributed by atoms with Crippen molar-refractivity contribution in [1.82, 2.24) is 15.0 Å². The van der Waals surface area contributed by atoms with Gasteiger partial charge in [-0.05, 0) is 12.1 Å². The van der Waals surface area contributed by atoms with Crippen LogP contribution in [0.1, 0.15) is 0 Å². The van der Waals surface area contributed by atoms with E-state index in [9.17, 15) is 0 Å². The Bertz CT molecular complexity index is 396. The molecule has 0 fully saturated rings. The number of aromatic nitrogens is 3. The smallest absolute Gasteiger partial charge is 0.164 e. The Morgan fingerprint density at radius 2 is 2.00 bits per heavy atom. The highest BCUT2D eigenvalue weighted by Crippen LogP contribution is 2.12. The largest absolute Gasteiger partial charge is 0.318 e. The molecule has 0 aliphatic carbocycles. The molecule has 2 heterocycles. The van der Waals surface area contributed by atoms with Crippen LogP contribution in [-0.2, 0) is 0 Å². The molecule has 0 saturated heterocycles. The summed E-state index contributed by atoms with van der Waals surface area (Å²) in [5.74, 6) is 0. The molecular formula is C6H5N3S2. The number of H-pyrrole nitrogens is 1. The number of pyridine rings is 1. The first-order valence-electron chi connectivity index (χ1n) is 3.00. The van der Waals surface area contributed by atoms with Crippen LogP contribution in [0, 0.1) is 0 Å². The fraction of sp³-hybridized carbons (Fsp3) is 0. The van der Waals surface area contributed by atoms with Gasteiger partial charge in [-0.25, -0.2) is 9.97 Å². The molecule has 56 valence electrons. The van der Waals surface area contributed by atoms with Gasteiger partial charge in [0, 0.05) is 0 Å². The molecule has 0 amide bonds. The van der Waals surface area contributed by atoms with Crippen molar-refractivity contribution >= 4 is 36.4 Å². The molecule has 3 nitrogen and oxygen atoms in total. The third-order valence-corrected chi connectivity index (χ3v) is 1.78. The van der Waals surface area contributed by atoms with Crippen molar-refractivity contribution in [2.24, 2.45) is 0 Å². The Labute approximate surface area is 74.1 Å². The summed E-state index contributed by atoms with van der Waals surface area (Å²) in [6.07, 6.45) is 0. The minimum atomic E-state index is 0.575. The Kier molecular flexibility index (Phi) is 1.54. The summed E-state index contributed by atoms with van der Waals surface area (Å²) in [5.41, 5.74) is 1.54. The fourth-order valence-corrected chi connectivity index (χ4v) is 1.26. The van der Waals surface area contributed by atoms with E-state index in [0.29, 0.717) is 10.2 Å². The zero-order valence-corrected chi connectivity index (χ0v) is 7.23. The van der Waals surface area contributed by atoms with Gasteiger partial charge < -0.3 is 4.98 Å². The van der Waals surface area contributed by atoms with Gasteiger partial charge in [-0.15, -0.1) is 25.3 Å². The van der Waals surface area contributed by atoms with Gasteiger partial charge in [-0.1, -0.05) is 0 Å². The lowest BCUT2D eigenvalue weighted by atomic mass is 10.4. The van der Waals surface area contributed by atoms with Crippen molar-refractivity contribution in [3.8, 4) is 0 Å². The number of aromatic amines is 1. The molecule has 5 heteroatoms. The van der Waals surface area contributed by atoms with Gasteiger partial charge >= 0.3 is 0 Å². The van der Waals surface area contributed by atoms with Gasteiger partial charge in [0.05, 0.1) is 5.03 Å². The molecule has 0 unspecified atom stereocenters. The highest BCUT2D eigenvalue weighted by atomic mass is 32.1. The molecule has 2 rings (SSSR count). The van der Waals surface area contributed by atoms with E-state index in [1.165, 1.54) is 0 Å². The normalized spacial score (nSPS) is 10.7. The van der Waals surface area contributed by atoms with Gasteiger partial charge in [-0.2, -0.15) is 0 Å². The molecule has 2 aromatic heterocycles. The Morgan fingerprint density at radius 3 is 2.82 bits per heavy atom. The second-order valence-corrected chi connectivity index (χ2v) is 2.98. The monoisotopic (exact) mass is 183 g/mol. The number of imidazole rings is 1. The molecule has 2 aromatic rings. The Balaban J connectivity index is 2.82. The van der Waals surface area contributed by atoms with Gasteiger partial charge in [0.1, 0.15) is 5.52 Å². The highest BCUT2D eigenvalue weighted by molar-refractivity contribution is 7.80. The summed E-state index contributed by atoms with van der Waals surface area (Å²) in [4.78, 5) is 11.1. The Hall–Kier alpha value is -0.680. The van der Waals surface area contributed by atoms with Crippen molar-refractivity contribution in [2.75, 3.05) is 0 Å². The molecule has 1 N–H and O–H groups in total. The topological polar surface area (TPSA) is 41.6 Å². The Morgan fingerprint density at radius 1 is 1.18 bits per heavy atom. The van der Waals surface area contributed by atoms with Crippen LogP contribution in [0.5, 0.6) is 0 Å². The quantitative estimate of drug-likeness (QED) is 0.542. The minimum Gasteiger partial charge on any atom is -0.318 e. The lowest BCUT2D eigenvalue weighted by Crippen LogP contribution is -1.76.